The predicted molar refractivity (Wildman–Crippen MR) is 34.9 cm³/mol. The molecule has 0 bridgehead atoms. The molecule has 0 unspecified atom stereocenters. The van der Waals surface area contributed by atoms with Crippen LogP contribution < -0.4 is 11.1 Å². The molecule has 0 aliphatic carbocycles. The van der Waals surface area contributed by atoms with Gasteiger partial charge in [-0.15, -0.1) is 0 Å². The Morgan fingerprint density at radius 1 is 1.89 bits per heavy atom. The zero-order chi connectivity index (χ0) is 6.91. The molecule has 9 heavy (non-hydrogen) atoms. The maximum Gasteiger partial charge on any atom is 0.0952 e. The first-order valence-electron chi connectivity index (χ1n) is 3.22. The van der Waals surface area contributed by atoms with Crippen LogP contribution in [0, 0.1) is 5.92 Å². The lowest BCUT2D eigenvalue weighted by atomic mass is 9.92. The molecule has 1 aliphatic heterocycles. The van der Waals surface area contributed by atoms with Crippen LogP contribution in [0.2, 0.25) is 0 Å². The number of hydrogen-bond donors (Lipinski definition) is 2. The van der Waals surface area contributed by atoms with Gasteiger partial charge in [-0.2, -0.15) is 0 Å². The average Bonchev–Trinajstić information content (AvgIpc) is 2.08. The highest BCUT2D eigenvalue weighted by molar-refractivity contribution is 4.95. The van der Waals surface area contributed by atoms with Gasteiger partial charge in [0.1, 0.15) is 0 Å². The van der Waals surface area contributed by atoms with Gasteiger partial charge in [-0.1, -0.05) is 0 Å². The third-order valence-electron chi connectivity index (χ3n) is 2.02. The molecule has 1 saturated heterocycles. The van der Waals surface area contributed by atoms with Gasteiger partial charge in [0.25, 0.3) is 0 Å². The van der Waals surface area contributed by atoms with Crippen LogP contribution in [-0.2, 0) is 0 Å². The quantitative estimate of drug-likeness (QED) is 0.522. The van der Waals surface area contributed by atoms with Crippen molar-refractivity contribution in [2.75, 3.05) is 19.8 Å². The Labute approximate surface area is 54.6 Å². The van der Waals surface area contributed by atoms with Gasteiger partial charge in [0.15, 0.2) is 0 Å². The molecule has 0 aromatic heterocycles. The van der Waals surface area contributed by atoms with Crippen molar-refractivity contribution in [1.82, 2.24) is 5.32 Å². The van der Waals surface area contributed by atoms with Gasteiger partial charge in [0.2, 0.25) is 0 Å². The summed E-state index contributed by atoms with van der Waals surface area (Å²) in [6.07, 6.45) is 0. The van der Waals surface area contributed by atoms with E-state index in [1.165, 1.54) is 0 Å². The molecule has 2 nitrogen and oxygen atoms in total. The van der Waals surface area contributed by atoms with E-state index < -0.39 is 0 Å². The lowest BCUT2D eigenvalue weighted by Crippen LogP contribution is -2.44. The number of alkyl halides is 1. The van der Waals surface area contributed by atoms with Gasteiger partial charge in [-0.25, -0.2) is 0 Å². The van der Waals surface area contributed by atoms with Crippen molar-refractivity contribution in [3.05, 3.63) is 0 Å². The third kappa shape index (κ3) is 1.22. The van der Waals surface area contributed by atoms with Crippen LogP contribution in [0.25, 0.3) is 0 Å². The van der Waals surface area contributed by atoms with Crippen molar-refractivity contribution in [2.45, 2.75) is 12.5 Å². The van der Waals surface area contributed by atoms with Gasteiger partial charge in [0, 0.05) is 24.5 Å². The van der Waals surface area contributed by atoms with Crippen LogP contribution in [0.1, 0.15) is 6.92 Å². The number of halogens is 1. The fourth-order valence-electron chi connectivity index (χ4n) is 1.12. The Bertz CT molecular complexity index is 103. The highest BCUT2D eigenvalue weighted by Crippen LogP contribution is 2.18. The van der Waals surface area contributed by atoms with Crippen molar-refractivity contribution in [3.8, 4) is 0 Å². The van der Waals surface area contributed by atoms with Crippen molar-refractivity contribution in [3.63, 3.8) is 0 Å². The molecule has 0 saturated carbocycles. The molecule has 1 heterocycles. The summed E-state index contributed by atoms with van der Waals surface area (Å²) in [5, 5.41) is 3.05. The molecule has 0 spiro atoms. The second kappa shape index (κ2) is 2.23. The van der Waals surface area contributed by atoms with E-state index >= 15 is 0 Å². The standard InChI is InChI=1S/C6H13FN2/c1-6(8)4-9-3-5(6)2-7/h5,9H,2-4,8H2,1H3/t5-,6-/m0/s1. The molecule has 54 valence electrons. The predicted octanol–water partition coefficient (Wildman–Crippen LogP) is -0.107. The van der Waals surface area contributed by atoms with E-state index in [1.54, 1.807) is 0 Å². The maximum atomic E-state index is 12.1. The number of nitrogens with two attached hydrogens (primary N) is 1. The second-order valence-electron chi connectivity index (χ2n) is 2.99. The average molecular weight is 132 g/mol. The zero-order valence-electron chi connectivity index (χ0n) is 5.65. The topological polar surface area (TPSA) is 38.0 Å². The summed E-state index contributed by atoms with van der Waals surface area (Å²) in [7, 11) is 0. The van der Waals surface area contributed by atoms with Gasteiger partial charge >= 0.3 is 0 Å². The Morgan fingerprint density at radius 3 is 2.78 bits per heavy atom. The van der Waals surface area contributed by atoms with Gasteiger partial charge in [0.05, 0.1) is 6.67 Å². The van der Waals surface area contributed by atoms with Crippen LogP contribution in [0.3, 0.4) is 0 Å². The fourth-order valence-corrected chi connectivity index (χ4v) is 1.12. The first kappa shape index (κ1) is 6.96. The van der Waals surface area contributed by atoms with E-state index in [-0.39, 0.29) is 18.1 Å². The van der Waals surface area contributed by atoms with E-state index in [2.05, 4.69) is 5.32 Å². The Morgan fingerprint density at radius 2 is 2.56 bits per heavy atom. The number of nitrogens with one attached hydrogen (secondary N) is 1. The fraction of sp³-hybridized carbons (Fsp3) is 1.00. The van der Waals surface area contributed by atoms with Crippen LogP contribution >= 0.6 is 0 Å². The van der Waals surface area contributed by atoms with Crippen molar-refractivity contribution < 1.29 is 4.39 Å². The normalized spacial score (nSPS) is 43.7. The van der Waals surface area contributed by atoms with Crippen molar-refractivity contribution in [1.29, 1.82) is 0 Å². The summed E-state index contributed by atoms with van der Waals surface area (Å²) in [4.78, 5) is 0. The monoisotopic (exact) mass is 132 g/mol. The van der Waals surface area contributed by atoms with Gasteiger partial charge in [-0.3, -0.25) is 4.39 Å². The SMILES string of the molecule is C[C@]1(N)CNC[C@@H]1CF. The van der Waals surface area contributed by atoms with Crippen LogP contribution in [0.15, 0.2) is 0 Å². The Kier molecular flexibility index (Phi) is 1.73. The minimum absolute atomic E-state index is 0.0116. The van der Waals surface area contributed by atoms with E-state index in [1.807, 2.05) is 6.92 Å². The number of rotatable bonds is 1. The smallest absolute Gasteiger partial charge is 0.0952 e. The van der Waals surface area contributed by atoms with Crippen molar-refractivity contribution in [2.24, 2.45) is 11.7 Å². The summed E-state index contributed by atoms with van der Waals surface area (Å²) >= 11 is 0. The molecule has 0 aromatic rings. The van der Waals surface area contributed by atoms with E-state index in [4.69, 9.17) is 5.73 Å². The largest absolute Gasteiger partial charge is 0.324 e. The summed E-state index contributed by atoms with van der Waals surface area (Å²) in [6, 6.07) is 0. The highest BCUT2D eigenvalue weighted by atomic mass is 19.1. The lowest BCUT2D eigenvalue weighted by molar-refractivity contribution is 0.291. The molecule has 0 radical (unpaired) electrons. The summed E-state index contributed by atoms with van der Waals surface area (Å²) in [5.74, 6) is 0.0116. The molecule has 3 heteroatoms. The zero-order valence-corrected chi connectivity index (χ0v) is 5.65. The molecular formula is C6H13FN2. The Hall–Kier alpha value is -0.150. The molecule has 2 atom stereocenters. The molecule has 0 amide bonds. The molecule has 3 N–H and O–H groups in total. The molecule has 1 fully saturated rings. The highest BCUT2D eigenvalue weighted by Gasteiger charge is 2.34. The summed E-state index contributed by atoms with van der Waals surface area (Å²) in [6.45, 7) is 3.04. The van der Waals surface area contributed by atoms with Crippen LogP contribution in [0.5, 0.6) is 0 Å². The molecule has 0 aromatic carbocycles. The minimum atomic E-state index is -0.325. The first-order chi connectivity index (χ1) is 4.17. The minimum Gasteiger partial charge on any atom is -0.324 e. The van der Waals surface area contributed by atoms with Crippen LogP contribution in [0.4, 0.5) is 4.39 Å². The maximum absolute atomic E-state index is 12.1. The van der Waals surface area contributed by atoms with E-state index in [0.717, 1.165) is 13.1 Å². The molecule has 1 aliphatic rings. The first-order valence-corrected chi connectivity index (χ1v) is 3.22. The van der Waals surface area contributed by atoms with Gasteiger partial charge in [-0.05, 0) is 6.92 Å². The van der Waals surface area contributed by atoms with Crippen molar-refractivity contribution >= 4 is 0 Å². The van der Waals surface area contributed by atoms with E-state index in [0.29, 0.717) is 0 Å². The second-order valence-corrected chi connectivity index (χ2v) is 2.99. The Balaban J connectivity index is 2.52. The van der Waals surface area contributed by atoms with Gasteiger partial charge < -0.3 is 11.1 Å². The van der Waals surface area contributed by atoms with E-state index in [9.17, 15) is 4.39 Å². The molecule has 1 rings (SSSR count). The van der Waals surface area contributed by atoms with Crippen LogP contribution in [-0.4, -0.2) is 25.3 Å². The number of hydrogen-bond acceptors (Lipinski definition) is 2. The molecular weight excluding hydrogens is 119 g/mol. The summed E-state index contributed by atoms with van der Waals surface area (Å²) in [5.41, 5.74) is 5.41. The summed E-state index contributed by atoms with van der Waals surface area (Å²) < 4.78 is 12.1. The lowest BCUT2D eigenvalue weighted by Gasteiger charge is -2.22. The third-order valence-corrected chi connectivity index (χ3v) is 2.02.